The van der Waals surface area contributed by atoms with Crippen molar-refractivity contribution in [3.8, 4) is 0 Å². The van der Waals surface area contributed by atoms with Crippen LogP contribution in [0.15, 0.2) is 72.4 Å². The van der Waals surface area contributed by atoms with Gasteiger partial charge in [0.05, 0.1) is 0 Å². The zero-order valence-electron chi connectivity index (χ0n) is 32.0. The van der Waals surface area contributed by atoms with E-state index in [0.717, 1.165) is 30.6 Å². The highest BCUT2D eigenvalue weighted by molar-refractivity contribution is 5.13. The quantitative estimate of drug-likeness (QED) is 0.125. The van der Waals surface area contributed by atoms with Gasteiger partial charge in [0.15, 0.2) is 0 Å². The van der Waals surface area contributed by atoms with Gasteiger partial charge in [-0.3, -0.25) is 0 Å². The van der Waals surface area contributed by atoms with Crippen LogP contribution in [0.25, 0.3) is 0 Å². The fourth-order valence-electron chi connectivity index (χ4n) is 3.40. The molecule has 0 aliphatic carbocycles. The van der Waals surface area contributed by atoms with Crippen molar-refractivity contribution in [3.63, 3.8) is 0 Å². The van der Waals surface area contributed by atoms with Crippen LogP contribution in [0.2, 0.25) is 0 Å². The maximum Gasteiger partial charge on any atom is -0.0169 e. The Morgan fingerprint density at radius 1 is 0.690 bits per heavy atom. The Bertz CT molecular complexity index is 646. The first-order valence-electron chi connectivity index (χ1n) is 17.6. The van der Waals surface area contributed by atoms with Crippen molar-refractivity contribution in [2.75, 3.05) is 0 Å². The van der Waals surface area contributed by atoms with E-state index in [0.29, 0.717) is 5.92 Å². The predicted molar refractivity (Wildman–Crippen MR) is 204 cm³/mol. The third-order valence-corrected chi connectivity index (χ3v) is 6.52. The van der Waals surface area contributed by atoms with E-state index in [1.54, 1.807) is 0 Å². The SMILES string of the molecule is C=C(C)C(C)C.C=CC/C=C\C=C(\CC)CC(C)C.CC=C/C=C(\C)CC(C)C.CCCC.CCCCC(C)CCC. The molecule has 0 rings (SSSR count). The molecule has 0 heterocycles. The Morgan fingerprint density at radius 3 is 1.55 bits per heavy atom. The van der Waals surface area contributed by atoms with Crippen LogP contribution in [0.3, 0.4) is 0 Å². The summed E-state index contributed by atoms with van der Waals surface area (Å²) in [7, 11) is 0. The van der Waals surface area contributed by atoms with E-state index in [-0.39, 0.29) is 0 Å². The van der Waals surface area contributed by atoms with Gasteiger partial charge in [-0.15, -0.1) is 6.58 Å². The summed E-state index contributed by atoms with van der Waals surface area (Å²) in [6.07, 6.45) is 28.9. The molecule has 0 aromatic carbocycles. The average Bonchev–Trinajstić information content (AvgIpc) is 2.93. The molecule has 0 aromatic heterocycles. The molecule has 0 saturated heterocycles. The molecule has 0 aliphatic rings. The lowest BCUT2D eigenvalue weighted by Gasteiger charge is -2.07. The molecule has 1 atom stereocenters. The number of unbranched alkanes of at least 4 members (excludes halogenated alkanes) is 2. The highest BCUT2D eigenvalue weighted by atomic mass is 14.0. The van der Waals surface area contributed by atoms with Gasteiger partial charge < -0.3 is 0 Å². The van der Waals surface area contributed by atoms with E-state index < -0.39 is 0 Å². The molecule has 0 N–H and O–H groups in total. The van der Waals surface area contributed by atoms with Crippen LogP contribution in [-0.4, -0.2) is 0 Å². The minimum absolute atomic E-state index is 0.657. The topological polar surface area (TPSA) is 0 Å². The van der Waals surface area contributed by atoms with Crippen molar-refractivity contribution in [2.24, 2.45) is 23.7 Å². The van der Waals surface area contributed by atoms with Crippen molar-refractivity contribution in [3.05, 3.63) is 72.4 Å². The summed E-state index contributed by atoms with van der Waals surface area (Å²) in [5.41, 5.74) is 4.26. The molecule has 0 aromatic rings. The summed E-state index contributed by atoms with van der Waals surface area (Å²) in [4.78, 5) is 0. The Balaban J connectivity index is -0.000000142. The second-order valence-corrected chi connectivity index (χ2v) is 12.9. The van der Waals surface area contributed by atoms with E-state index in [1.165, 1.54) is 74.5 Å². The molecule has 0 heteroatoms. The van der Waals surface area contributed by atoms with Crippen LogP contribution < -0.4 is 0 Å². The van der Waals surface area contributed by atoms with E-state index in [1.807, 2.05) is 19.9 Å². The highest BCUT2D eigenvalue weighted by Crippen LogP contribution is 2.14. The largest absolute Gasteiger partial charge is 0.103 e. The van der Waals surface area contributed by atoms with Gasteiger partial charge in [-0.25, -0.2) is 0 Å². The fraction of sp³-hybridized carbons (Fsp3) is 0.714. The van der Waals surface area contributed by atoms with Crippen molar-refractivity contribution in [1.29, 1.82) is 0 Å². The lowest BCUT2D eigenvalue weighted by Crippen LogP contribution is -1.92. The van der Waals surface area contributed by atoms with Crippen molar-refractivity contribution < 1.29 is 0 Å². The first-order chi connectivity index (χ1) is 19.7. The Morgan fingerprint density at radius 2 is 1.21 bits per heavy atom. The maximum absolute atomic E-state index is 3.75. The molecule has 0 amide bonds. The standard InChI is InChI=1S/C13H22.C10H18.C9H20.C6H12.C4H10/c1-5-7-8-9-10-13(6-2)11-12(3)4;1-5-6-7-10(4)8-9(2)3;1-4-6-8-9(3)7-5-2;1-5(2)6(3)4;1-3-4-2/h5,8-10,12H,1,6-7,11H2,2-4H3;5-7,9H,8H2,1-4H3;9H,4-8H2,1-3H3;6H,1H2,2-4H3;3-4H2,1-2H3/b9-8-,13-10-;6-5?,10-7+;;;. The van der Waals surface area contributed by atoms with Gasteiger partial charge in [-0.1, -0.05) is 194 Å². The molecule has 0 aliphatic heterocycles. The summed E-state index contributed by atoms with van der Waals surface area (Å²) in [5.74, 6) is 3.17. The molecule has 0 saturated carbocycles. The van der Waals surface area contributed by atoms with Gasteiger partial charge >= 0.3 is 0 Å². The van der Waals surface area contributed by atoms with Gasteiger partial charge in [-0.05, 0) is 70.1 Å². The van der Waals surface area contributed by atoms with Gasteiger partial charge in [0.1, 0.15) is 0 Å². The molecule has 1 unspecified atom stereocenters. The molecule has 0 fully saturated rings. The van der Waals surface area contributed by atoms with Crippen LogP contribution >= 0.6 is 0 Å². The van der Waals surface area contributed by atoms with Crippen molar-refractivity contribution in [2.45, 2.75) is 174 Å². The Labute approximate surface area is 270 Å². The zero-order valence-corrected chi connectivity index (χ0v) is 32.0. The third-order valence-electron chi connectivity index (χ3n) is 6.52. The fourth-order valence-corrected chi connectivity index (χ4v) is 3.40. The molecule has 0 radical (unpaired) electrons. The van der Waals surface area contributed by atoms with E-state index in [4.69, 9.17) is 0 Å². The lowest BCUT2D eigenvalue weighted by atomic mass is 10.00. The van der Waals surface area contributed by atoms with Gasteiger partial charge in [0.2, 0.25) is 0 Å². The van der Waals surface area contributed by atoms with Crippen LogP contribution in [0, 0.1) is 23.7 Å². The summed E-state index contributed by atoms with van der Waals surface area (Å²) in [6.45, 7) is 40.5. The van der Waals surface area contributed by atoms with Crippen molar-refractivity contribution in [1.82, 2.24) is 0 Å². The molecule has 250 valence electrons. The monoisotopic (exact) mass is 587 g/mol. The second kappa shape index (κ2) is 41.6. The lowest BCUT2D eigenvalue weighted by molar-refractivity contribution is 0.466. The van der Waals surface area contributed by atoms with Gasteiger partial charge in [0.25, 0.3) is 0 Å². The van der Waals surface area contributed by atoms with Crippen LogP contribution in [0.1, 0.15) is 174 Å². The minimum Gasteiger partial charge on any atom is -0.103 e. The third kappa shape index (κ3) is 58.2. The van der Waals surface area contributed by atoms with Crippen LogP contribution in [0.5, 0.6) is 0 Å². The molecule has 0 spiro atoms. The molecular weight excluding hydrogens is 504 g/mol. The highest BCUT2D eigenvalue weighted by Gasteiger charge is 1.98. The summed E-state index contributed by atoms with van der Waals surface area (Å²) < 4.78 is 0. The van der Waals surface area contributed by atoms with Crippen LogP contribution in [0.4, 0.5) is 0 Å². The number of hydrogen-bond acceptors (Lipinski definition) is 0. The Hall–Kier alpha value is -1.56. The summed E-state index contributed by atoms with van der Waals surface area (Å²) in [5, 5.41) is 0. The second-order valence-electron chi connectivity index (χ2n) is 12.9. The average molecular weight is 587 g/mol. The first kappa shape index (κ1) is 50.1. The smallest absolute Gasteiger partial charge is 0.0169 e. The zero-order chi connectivity index (χ0) is 33.8. The Kier molecular flexibility index (Phi) is 49.6. The first-order valence-corrected chi connectivity index (χ1v) is 17.6. The normalized spacial score (nSPS) is 12.1. The van der Waals surface area contributed by atoms with E-state index in [9.17, 15) is 0 Å². The summed E-state index contributed by atoms with van der Waals surface area (Å²) in [6, 6.07) is 0. The van der Waals surface area contributed by atoms with E-state index in [2.05, 4.69) is 140 Å². The maximum atomic E-state index is 3.75. The number of rotatable bonds is 16. The molecule has 42 heavy (non-hydrogen) atoms. The van der Waals surface area contributed by atoms with Crippen LogP contribution in [-0.2, 0) is 0 Å². The predicted octanol–water partition coefficient (Wildman–Crippen LogP) is 15.7. The number of hydrogen-bond donors (Lipinski definition) is 0. The minimum atomic E-state index is 0.657. The molecular formula is C42H82. The molecule has 0 bridgehead atoms. The van der Waals surface area contributed by atoms with E-state index >= 15 is 0 Å². The van der Waals surface area contributed by atoms with Gasteiger partial charge in [-0.2, -0.15) is 0 Å². The van der Waals surface area contributed by atoms with Gasteiger partial charge in [0, 0.05) is 0 Å². The number of allylic oxidation sites excluding steroid dienone is 10. The molecule has 0 nitrogen and oxygen atoms in total. The van der Waals surface area contributed by atoms with Crippen molar-refractivity contribution >= 4 is 0 Å². The summed E-state index contributed by atoms with van der Waals surface area (Å²) >= 11 is 0.